The molecule has 84 valence electrons. The van der Waals surface area contributed by atoms with Gasteiger partial charge in [-0.3, -0.25) is 0 Å². The third-order valence-corrected chi connectivity index (χ3v) is 2.51. The summed E-state index contributed by atoms with van der Waals surface area (Å²) in [5, 5.41) is 0. The van der Waals surface area contributed by atoms with E-state index in [0.717, 1.165) is 5.56 Å². The Morgan fingerprint density at radius 1 is 1.40 bits per heavy atom. The summed E-state index contributed by atoms with van der Waals surface area (Å²) >= 11 is 0. The molecule has 0 heterocycles. The summed E-state index contributed by atoms with van der Waals surface area (Å²) in [6, 6.07) is 5.33. The van der Waals surface area contributed by atoms with E-state index in [2.05, 4.69) is 0 Å². The molecule has 0 bridgehead atoms. The molecule has 1 unspecified atom stereocenters. The van der Waals surface area contributed by atoms with E-state index >= 15 is 0 Å². The van der Waals surface area contributed by atoms with Gasteiger partial charge in [-0.15, -0.1) is 0 Å². The smallest absolute Gasteiger partial charge is 0.165 e. The Labute approximate surface area is 90.7 Å². The van der Waals surface area contributed by atoms with E-state index in [1.807, 2.05) is 38.9 Å². The summed E-state index contributed by atoms with van der Waals surface area (Å²) < 4.78 is 18.7. The fourth-order valence-corrected chi connectivity index (χ4v) is 1.35. The van der Waals surface area contributed by atoms with Gasteiger partial charge in [-0.1, -0.05) is 6.07 Å². The Bertz CT molecular complexity index is 325. The van der Waals surface area contributed by atoms with Crippen molar-refractivity contribution in [2.24, 2.45) is 0 Å². The number of ether oxygens (including phenoxy) is 1. The summed E-state index contributed by atoms with van der Waals surface area (Å²) in [4.78, 5) is 2.04. The zero-order chi connectivity index (χ0) is 11.4. The molecule has 0 aliphatic heterocycles. The molecule has 0 amide bonds. The first-order chi connectivity index (χ1) is 7.06. The van der Waals surface area contributed by atoms with Gasteiger partial charge in [0, 0.05) is 6.04 Å². The second-order valence-corrected chi connectivity index (χ2v) is 3.76. The van der Waals surface area contributed by atoms with E-state index in [0.29, 0.717) is 12.4 Å². The molecule has 1 rings (SSSR count). The lowest BCUT2D eigenvalue weighted by Gasteiger charge is -2.20. The first-order valence-electron chi connectivity index (χ1n) is 5.15. The average molecular weight is 211 g/mol. The molecule has 0 spiro atoms. The molecule has 0 radical (unpaired) electrons. The molecule has 0 saturated heterocycles. The summed E-state index contributed by atoms with van der Waals surface area (Å²) in [5.41, 5.74) is 0.959. The number of benzene rings is 1. The highest BCUT2D eigenvalue weighted by Crippen LogP contribution is 2.24. The zero-order valence-corrected chi connectivity index (χ0v) is 9.75. The van der Waals surface area contributed by atoms with E-state index in [4.69, 9.17) is 4.74 Å². The lowest BCUT2D eigenvalue weighted by molar-refractivity contribution is 0.311. The predicted octanol–water partition coefficient (Wildman–Crippen LogP) is 2.85. The van der Waals surface area contributed by atoms with Crippen LogP contribution in [0.2, 0.25) is 0 Å². The molecule has 3 heteroatoms. The van der Waals surface area contributed by atoms with Gasteiger partial charge >= 0.3 is 0 Å². The Morgan fingerprint density at radius 2 is 2.07 bits per heavy atom. The van der Waals surface area contributed by atoms with E-state index in [1.165, 1.54) is 6.07 Å². The van der Waals surface area contributed by atoms with Crippen LogP contribution < -0.4 is 4.74 Å². The monoisotopic (exact) mass is 211 g/mol. The minimum Gasteiger partial charge on any atom is -0.491 e. The highest BCUT2D eigenvalue weighted by Gasteiger charge is 2.11. The van der Waals surface area contributed by atoms with E-state index in [9.17, 15) is 4.39 Å². The van der Waals surface area contributed by atoms with Crippen LogP contribution in [0.25, 0.3) is 0 Å². The molecule has 0 aliphatic rings. The van der Waals surface area contributed by atoms with E-state index < -0.39 is 0 Å². The molecule has 0 aromatic heterocycles. The number of halogens is 1. The van der Waals surface area contributed by atoms with Crippen molar-refractivity contribution >= 4 is 0 Å². The molecule has 0 fully saturated rings. The van der Waals surface area contributed by atoms with Crippen molar-refractivity contribution in [1.29, 1.82) is 0 Å². The third kappa shape index (κ3) is 2.93. The Hall–Kier alpha value is -1.09. The molecule has 0 aliphatic carbocycles. The quantitative estimate of drug-likeness (QED) is 0.759. The molecule has 0 N–H and O–H groups in total. The summed E-state index contributed by atoms with van der Waals surface area (Å²) in [7, 11) is 3.94. The van der Waals surface area contributed by atoms with Gasteiger partial charge in [0.25, 0.3) is 0 Å². The second kappa shape index (κ2) is 5.12. The fourth-order valence-electron chi connectivity index (χ4n) is 1.35. The SMILES string of the molecule is CCOc1ccc(C(C)N(C)C)cc1F. The van der Waals surface area contributed by atoms with Crippen LogP contribution in [-0.2, 0) is 0 Å². The van der Waals surface area contributed by atoms with Crippen LogP contribution in [0.1, 0.15) is 25.5 Å². The van der Waals surface area contributed by atoms with E-state index in [-0.39, 0.29) is 11.9 Å². The van der Waals surface area contributed by atoms with Crippen molar-refractivity contribution in [3.05, 3.63) is 29.6 Å². The lowest BCUT2D eigenvalue weighted by atomic mass is 10.1. The Morgan fingerprint density at radius 3 is 2.53 bits per heavy atom. The van der Waals surface area contributed by atoms with Gasteiger partial charge in [0.1, 0.15) is 0 Å². The van der Waals surface area contributed by atoms with Gasteiger partial charge in [-0.2, -0.15) is 0 Å². The standard InChI is InChI=1S/C12H18FNO/c1-5-15-12-7-6-10(8-11(12)13)9(2)14(3)4/h6-9H,5H2,1-4H3. The van der Waals surface area contributed by atoms with Crippen LogP contribution in [0, 0.1) is 5.82 Å². The van der Waals surface area contributed by atoms with Gasteiger partial charge in [0.05, 0.1) is 6.61 Å². The van der Waals surface area contributed by atoms with Crippen molar-refractivity contribution in [2.75, 3.05) is 20.7 Å². The van der Waals surface area contributed by atoms with Crippen LogP contribution in [-0.4, -0.2) is 25.6 Å². The minimum atomic E-state index is -0.289. The van der Waals surface area contributed by atoms with Crippen LogP contribution >= 0.6 is 0 Å². The fraction of sp³-hybridized carbons (Fsp3) is 0.500. The second-order valence-electron chi connectivity index (χ2n) is 3.76. The van der Waals surface area contributed by atoms with Crippen molar-refractivity contribution in [1.82, 2.24) is 4.90 Å². The van der Waals surface area contributed by atoms with Gasteiger partial charge in [-0.25, -0.2) is 4.39 Å². The highest BCUT2D eigenvalue weighted by molar-refractivity contribution is 5.30. The van der Waals surface area contributed by atoms with Crippen LogP contribution in [0.3, 0.4) is 0 Å². The predicted molar refractivity (Wildman–Crippen MR) is 59.7 cm³/mol. The number of hydrogen-bond acceptors (Lipinski definition) is 2. The normalized spacial score (nSPS) is 12.9. The van der Waals surface area contributed by atoms with Gasteiger partial charge < -0.3 is 9.64 Å². The molecule has 1 aromatic rings. The number of nitrogens with zero attached hydrogens (tertiary/aromatic N) is 1. The van der Waals surface area contributed by atoms with Crippen molar-refractivity contribution in [3.63, 3.8) is 0 Å². The number of rotatable bonds is 4. The van der Waals surface area contributed by atoms with Crippen LogP contribution in [0.4, 0.5) is 4.39 Å². The zero-order valence-electron chi connectivity index (χ0n) is 9.75. The minimum absolute atomic E-state index is 0.204. The third-order valence-electron chi connectivity index (χ3n) is 2.51. The summed E-state index contributed by atoms with van der Waals surface area (Å²) in [6.07, 6.45) is 0. The molecule has 1 atom stereocenters. The summed E-state index contributed by atoms with van der Waals surface area (Å²) in [5.74, 6) is 0.0373. The van der Waals surface area contributed by atoms with Crippen molar-refractivity contribution in [2.45, 2.75) is 19.9 Å². The maximum atomic E-state index is 13.5. The maximum absolute atomic E-state index is 13.5. The Kier molecular flexibility index (Phi) is 4.09. The van der Waals surface area contributed by atoms with Crippen molar-refractivity contribution in [3.8, 4) is 5.75 Å². The average Bonchev–Trinajstić information content (AvgIpc) is 2.20. The van der Waals surface area contributed by atoms with Crippen molar-refractivity contribution < 1.29 is 9.13 Å². The molecular weight excluding hydrogens is 193 g/mol. The first-order valence-corrected chi connectivity index (χ1v) is 5.15. The molecule has 15 heavy (non-hydrogen) atoms. The summed E-state index contributed by atoms with van der Waals surface area (Å²) in [6.45, 7) is 4.37. The highest BCUT2D eigenvalue weighted by atomic mass is 19.1. The molecule has 0 saturated carbocycles. The molecule has 2 nitrogen and oxygen atoms in total. The first kappa shape index (κ1) is 12.0. The maximum Gasteiger partial charge on any atom is 0.165 e. The van der Waals surface area contributed by atoms with Crippen LogP contribution in [0.5, 0.6) is 5.75 Å². The van der Waals surface area contributed by atoms with Gasteiger partial charge in [-0.05, 0) is 45.6 Å². The Balaban J connectivity index is 2.90. The van der Waals surface area contributed by atoms with Gasteiger partial charge in [0.2, 0.25) is 0 Å². The topological polar surface area (TPSA) is 12.5 Å². The molecule has 1 aromatic carbocycles. The number of hydrogen-bond donors (Lipinski definition) is 0. The van der Waals surface area contributed by atoms with E-state index in [1.54, 1.807) is 6.07 Å². The molecular formula is C12H18FNO. The largest absolute Gasteiger partial charge is 0.491 e. The van der Waals surface area contributed by atoms with Crippen LogP contribution in [0.15, 0.2) is 18.2 Å². The lowest BCUT2D eigenvalue weighted by Crippen LogP contribution is -2.16. The van der Waals surface area contributed by atoms with Gasteiger partial charge in [0.15, 0.2) is 11.6 Å².